The summed E-state index contributed by atoms with van der Waals surface area (Å²) >= 11 is 4.70. The molecule has 2 aromatic carbocycles. The average molecular weight is 537 g/mol. The van der Waals surface area contributed by atoms with Crippen LogP contribution in [-0.2, 0) is 17.8 Å². The molecular weight excluding hydrogens is 512 g/mol. The molecule has 2 N–H and O–H groups in total. The lowest BCUT2D eigenvalue weighted by Gasteiger charge is -2.29. The Hall–Kier alpha value is -2.55. The van der Waals surface area contributed by atoms with Crippen molar-refractivity contribution in [1.82, 2.24) is 20.6 Å². The lowest BCUT2D eigenvalue weighted by molar-refractivity contribution is -0.115. The molecule has 2 amide bonds. The van der Waals surface area contributed by atoms with E-state index in [0.29, 0.717) is 22.6 Å². The minimum absolute atomic E-state index is 0.344. The predicted molar refractivity (Wildman–Crippen MR) is 139 cm³/mol. The summed E-state index contributed by atoms with van der Waals surface area (Å²) in [6, 6.07) is 15.1. The van der Waals surface area contributed by atoms with Gasteiger partial charge < -0.3 is 5.32 Å². The number of rotatable bonds is 6. The molecule has 0 atom stereocenters. The van der Waals surface area contributed by atoms with Gasteiger partial charge in [0.15, 0.2) is 0 Å². The lowest BCUT2D eigenvalue weighted by atomic mass is 9.84. The number of amides is 2. The van der Waals surface area contributed by atoms with E-state index in [1.165, 1.54) is 20.8 Å². The fourth-order valence-corrected chi connectivity index (χ4v) is 5.95. The van der Waals surface area contributed by atoms with Crippen molar-refractivity contribution in [2.75, 3.05) is 0 Å². The van der Waals surface area contributed by atoms with E-state index < -0.39 is 0 Å². The SMILES string of the molecule is O=C1NC(=O)/C(=C/c2ccnc(CC3CCC(NCc4ccc5ccccc5c4Br)CC3)n2)S1. The first-order chi connectivity index (χ1) is 16.5. The number of nitrogens with one attached hydrogen (secondary N) is 2. The molecule has 34 heavy (non-hydrogen) atoms. The highest BCUT2D eigenvalue weighted by atomic mass is 79.9. The zero-order valence-corrected chi connectivity index (χ0v) is 21.0. The maximum atomic E-state index is 11.8. The van der Waals surface area contributed by atoms with Crippen molar-refractivity contribution in [1.29, 1.82) is 0 Å². The molecule has 1 saturated carbocycles. The van der Waals surface area contributed by atoms with Crippen LogP contribution >= 0.6 is 27.7 Å². The molecule has 0 bridgehead atoms. The zero-order valence-electron chi connectivity index (χ0n) is 18.6. The molecule has 3 aromatic rings. The van der Waals surface area contributed by atoms with Crippen LogP contribution in [0.5, 0.6) is 0 Å². The van der Waals surface area contributed by atoms with Crippen LogP contribution in [0.1, 0.15) is 42.8 Å². The van der Waals surface area contributed by atoms with Crippen LogP contribution in [0.3, 0.4) is 0 Å². The molecule has 1 aliphatic carbocycles. The summed E-state index contributed by atoms with van der Waals surface area (Å²) in [5, 5.41) is 8.17. The minimum Gasteiger partial charge on any atom is -0.310 e. The van der Waals surface area contributed by atoms with Crippen molar-refractivity contribution in [3.8, 4) is 0 Å². The molecule has 0 spiro atoms. The summed E-state index contributed by atoms with van der Waals surface area (Å²) in [6.07, 6.45) is 8.76. The molecule has 2 aliphatic rings. The molecule has 0 unspecified atom stereocenters. The van der Waals surface area contributed by atoms with E-state index in [9.17, 15) is 9.59 Å². The number of carbonyl (C=O) groups is 2. The first kappa shape index (κ1) is 23.2. The number of hydrogen-bond acceptors (Lipinski definition) is 6. The summed E-state index contributed by atoms with van der Waals surface area (Å²) in [5.41, 5.74) is 1.95. The van der Waals surface area contributed by atoms with Gasteiger partial charge in [0, 0.05) is 29.7 Å². The molecule has 1 saturated heterocycles. The molecule has 5 rings (SSSR count). The molecule has 1 aliphatic heterocycles. The highest BCUT2D eigenvalue weighted by Crippen LogP contribution is 2.30. The molecule has 6 nitrogen and oxygen atoms in total. The number of thioether (sulfide) groups is 1. The van der Waals surface area contributed by atoms with Gasteiger partial charge in [-0.05, 0) is 87.8 Å². The van der Waals surface area contributed by atoms with Crippen molar-refractivity contribution >= 4 is 55.7 Å². The van der Waals surface area contributed by atoms with Gasteiger partial charge in [-0.3, -0.25) is 14.9 Å². The van der Waals surface area contributed by atoms with Gasteiger partial charge in [-0.25, -0.2) is 9.97 Å². The Kier molecular flexibility index (Phi) is 7.08. The van der Waals surface area contributed by atoms with Crippen LogP contribution in [0, 0.1) is 5.92 Å². The Balaban J connectivity index is 1.14. The Bertz CT molecular complexity index is 1270. The van der Waals surface area contributed by atoms with E-state index >= 15 is 0 Å². The van der Waals surface area contributed by atoms with Crippen LogP contribution < -0.4 is 10.6 Å². The second-order valence-corrected chi connectivity index (χ2v) is 10.6. The van der Waals surface area contributed by atoms with Crippen LogP contribution in [0.4, 0.5) is 4.79 Å². The Morgan fingerprint density at radius 2 is 1.91 bits per heavy atom. The summed E-state index contributed by atoms with van der Waals surface area (Å²) < 4.78 is 1.18. The second-order valence-electron chi connectivity index (χ2n) is 8.81. The molecule has 174 valence electrons. The van der Waals surface area contributed by atoms with Gasteiger partial charge in [-0.15, -0.1) is 0 Å². The summed E-state index contributed by atoms with van der Waals surface area (Å²) in [6.45, 7) is 0.856. The molecule has 2 fully saturated rings. The smallest absolute Gasteiger partial charge is 0.290 e. The zero-order chi connectivity index (χ0) is 23.5. The summed E-state index contributed by atoms with van der Waals surface area (Å²) in [5.74, 6) is 0.983. The van der Waals surface area contributed by atoms with Gasteiger partial charge in [0.2, 0.25) is 0 Å². The second kappa shape index (κ2) is 10.4. The van der Waals surface area contributed by atoms with Gasteiger partial charge in [-0.1, -0.05) is 36.4 Å². The normalized spacial score (nSPS) is 21.9. The maximum Gasteiger partial charge on any atom is 0.290 e. The van der Waals surface area contributed by atoms with Gasteiger partial charge in [0.1, 0.15) is 5.82 Å². The third kappa shape index (κ3) is 5.40. The third-order valence-electron chi connectivity index (χ3n) is 6.49. The first-order valence-corrected chi connectivity index (χ1v) is 13.1. The largest absolute Gasteiger partial charge is 0.310 e. The third-order valence-corrected chi connectivity index (χ3v) is 8.24. The van der Waals surface area contributed by atoms with E-state index in [1.807, 2.05) is 0 Å². The van der Waals surface area contributed by atoms with Crippen LogP contribution in [0.15, 0.2) is 58.0 Å². The fraction of sp³-hybridized carbons (Fsp3) is 0.308. The number of benzene rings is 2. The molecule has 8 heteroatoms. The van der Waals surface area contributed by atoms with Crippen molar-refractivity contribution in [3.05, 3.63) is 75.1 Å². The number of nitrogens with zero attached hydrogens (tertiary/aromatic N) is 2. The van der Waals surface area contributed by atoms with E-state index in [0.717, 1.165) is 56.2 Å². The Morgan fingerprint density at radius 1 is 1.09 bits per heavy atom. The fourth-order valence-electron chi connectivity index (χ4n) is 4.65. The van der Waals surface area contributed by atoms with Crippen LogP contribution in [0.25, 0.3) is 16.8 Å². The van der Waals surface area contributed by atoms with Crippen molar-refractivity contribution in [2.24, 2.45) is 5.92 Å². The van der Waals surface area contributed by atoms with E-state index in [4.69, 9.17) is 0 Å². The van der Waals surface area contributed by atoms with Crippen LogP contribution in [-0.4, -0.2) is 27.2 Å². The number of carbonyl (C=O) groups excluding carboxylic acids is 2. The van der Waals surface area contributed by atoms with Gasteiger partial charge in [0.25, 0.3) is 11.1 Å². The molecule has 1 aromatic heterocycles. The van der Waals surface area contributed by atoms with E-state index in [-0.39, 0.29) is 11.1 Å². The Labute approximate surface area is 211 Å². The molecule has 2 heterocycles. The number of aromatic nitrogens is 2. The maximum absolute atomic E-state index is 11.8. The first-order valence-electron chi connectivity index (χ1n) is 11.5. The number of imide groups is 1. The van der Waals surface area contributed by atoms with Crippen LogP contribution in [0.2, 0.25) is 0 Å². The summed E-state index contributed by atoms with van der Waals surface area (Å²) in [7, 11) is 0. The number of hydrogen-bond donors (Lipinski definition) is 2. The van der Waals surface area contributed by atoms with Gasteiger partial charge in [-0.2, -0.15) is 0 Å². The molecular formula is C26H25BrN4O2S. The monoisotopic (exact) mass is 536 g/mol. The topological polar surface area (TPSA) is 84.0 Å². The Morgan fingerprint density at radius 3 is 2.71 bits per heavy atom. The van der Waals surface area contributed by atoms with E-state index in [1.54, 1.807) is 18.3 Å². The van der Waals surface area contributed by atoms with Gasteiger partial charge >= 0.3 is 0 Å². The quantitative estimate of drug-likeness (QED) is 0.398. The highest BCUT2D eigenvalue weighted by Gasteiger charge is 2.25. The lowest BCUT2D eigenvalue weighted by Crippen LogP contribution is -2.33. The van der Waals surface area contributed by atoms with E-state index in [2.05, 4.69) is 72.9 Å². The molecule has 0 radical (unpaired) electrons. The average Bonchev–Trinajstić information content (AvgIpc) is 3.16. The van der Waals surface area contributed by atoms with Crippen molar-refractivity contribution in [3.63, 3.8) is 0 Å². The highest BCUT2D eigenvalue weighted by molar-refractivity contribution is 9.10. The minimum atomic E-state index is -0.364. The number of halogens is 1. The summed E-state index contributed by atoms with van der Waals surface area (Å²) in [4.78, 5) is 32.5. The number of fused-ring (bicyclic) bond motifs is 1. The van der Waals surface area contributed by atoms with Crippen molar-refractivity contribution in [2.45, 2.75) is 44.7 Å². The van der Waals surface area contributed by atoms with Crippen molar-refractivity contribution < 1.29 is 9.59 Å². The standard InChI is InChI=1S/C26H25BrN4O2S/c27-24-18(8-7-17-3-1-2-4-21(17)24)15-29-19-9-5-16(6-10-19)13-23-28-12-11-20(30-23)14-22-25(32)31-26(33)34-22/h1-4,7-8,11-12,14,16,19,29H,5-6,9-10,13,15H2,(H,31,32,33)/b22-14-. The van der Waals surface area contributed by atoms with Gasteiger partial charge in [0.05, 0.1) is 10.6 Å². The predicted octanol–water partition coefficient (Wildman–Crippen LogP) is 5.61.